The summed E-state index contributed by atoms with van der Waals surface area (Å²) in [5.41, 5.74) is 10.8. The Morgan fingerprint density at radius 3 is 2.52 bits per heavy atom. The molecule has 0 saturated carbocycles. The molecule has 0 aromatic heterocycles. The molecule has 0 fully saturated rings. The van der Waals surface area contributed by atoms with Crippen LogP contribution in [0.2, 0.25) is 10.0 Å². The topological polar surface area (TPSA) is 129 Å². The van der Waals surface area contributed by atoms with Gasteiger partial charge in [0.25, 0.3) is 5.91 Å². The summed E-state index contributed by atoms with van der Waals surface area (Å²) >= 11 is 13.1. The zero-order valence-electron chi connectivity index (χ0n) is 25.7. The van der Waals surface area contributed by atoms with E-state index in [1.165, 1.54) is 0 Å². The Morgan fingerprint density at radius 1 is 0.979 bits per heavy atom. The Labute approximate surface area is 287 Å². The number of halogens is 2. The molecule has 5 aromatic carbocycles. The molecule has 6 rings (SSSR count). The molecule has 1 aliphatic heterocycles. The van der Waals surface area contributed by atoms with Crippen LogP contribution >= 0.6 is 23.2 Å². The van der Waals surface area contributed by atoms with Crippen molar-refractivity contribution >= 4 is 51.5 Å². The van der Waals surface area contributed by atoms with Crippen LogP contribution in [0, 0.1) is 0 Å². The van der Waals surface area contributed by atoms with E-state index in [1.54, 1.807) is 60.7 Å². The standard InChI is InChI=1S/C37H31Cl2N5O4/c38-28-15-18-31(32(39)21-28)34-37(22-26-8-2-4-12-33(26)43-44-40,36(46)41-23-27-10-5-9-24-7-1-3-11-30(24)27)42-35(48-34)25-13-16-29(17-14-25)47-20-6-19-45/h1-5,7-18,21,34,45H,6,19-20,22-23H2,(H,41,46)/t34-,37-/m1/s1. The zero-order valence-corrected chi connectivity index (χ0v) is 27.2. The van der Waals surface area contributed by atoms with Gasteiger partial charge in [-0.05, 0) is 63.8 Å². The first-order valence-electron chi connectivity index (χ1n) is 15.4. The van der Waals surface area contributed by atoms with Crippen molar-refractivity contribution in [2.24, 2.45) is 10.1 Å². The number of fused-ring (bicyclic) bond motifs is 1. The van der Waals surface area contributed by atoms with Gasteiger partial charge in [0, 0.05) is 57.8 Å². The third-order valence-electron chi connectivity index (χ3n) is 8.20. The van der Waals surface area contributed by atoms with Crippen LogP contribution in [0.25, 0.3) is 21.2 Å². The highest BCUT2D eigenvalue weighted by Crippen LogP contribution is 2.46. The number of hydrogen-bond acceptors (Lipinski definition) is 6. The van der Waals surface area contributed by atoms with Crippen molar-refractivity contribution in [1.82, 2.24) is 5.32 Å². The minimum absolute atomic E-state index is 0.0268. The summed E-state index contributed by atoms with van der Waals surface area (Å²) in [6.07, 6.45) is -0.446. The van der Waals surface area contributed by atoms with Crippen molar-refractivity contribution in [1.29, 1.82) is 0 Å². The number of amides is 1. The molecule has 0 unspecified atom stereocenters. The molecular weight excluding hydrogens is 649 g/mol. The molecule has 48 heavy (non-hydrogen) atoms. The van der Waals surface area contributed by atoms with Crippen LogP contribution in [0.3, 0.4) is 0 Å². The fourth-order valence-electron chi connectivity index (χ4n) is 5.85. The van der Waals surface area contributed by atoms with E-state index in [2.05, 4.69) is 15.3 Å². The highest BCUT2D eigenvalue weighted by atomic mass is 35.5. The van der Waals surface area contributed by atoms with Gasteiger partial charge in [-0.2, -0.15) is 0 Å². The van der Waals surface area contributed by atoms with Crippen molar-refractivity contribution in [2.75, 3.05) is 13.2 Å². The lowest BCUT2D eigenvalue weighted by Gasteiger charge is -2.31. The van der Waals surface area contributed by atoms with E-state index in [1.807, 2.05) is 48.5 Å². The lowest BCUT2D eigenvalue weighted by Crippen LogP contribution is -2.49. The van der Waals surface area contributed by atoms with Gasteiger partial charge in [-0.3, -0.25) is 4.79 Å². The molecule has 2 N–H and O–H groups in total. The fraction of sp³-hybridized carbons (Fsp3) is 0.189. The zero-order chi connectivity index (χ0) is 33.5. The molecule has 242 valence electrons. The van der Waals surface area contributed by atoms with Crippen LogP contribution in [0.1, 0.15) is 34.8 Å². The van der Waals surface area contributed by atoms with Crippen LogP contribution < -0.4 is 10.1 Å². The number of hydrogen-bond donors (Lipinski definition) is 2. The van der Waals surface area contributed by atoms with Crippen LogP contribution in [0.15, 0.2) is 119 Å². The van der Waals surface area contributed by atoms with Crippen LogP contribution in [0.5, 0.6) is 5.75 Å². The summed E-state index contributed by atoms with van der Waals surface area (Å²) in [7, 11) is 0. The van der Waals surface area contributed by atoms with Gasteiger partial charge in [0.15, 0.2) is 11.6 Å². The maximum absolute atomic E-state index is 14.8. The molecule has 5 aromatic rings. The van der Waals surface area contributed by atoms with Crippen LogP contribution in [-0.2, 0) is 22.5 Å². The first-order chi connectivity index (χ1) is 23.4. The molecule has 0 radical (unpaired) electrons. The maximum atomic E-state index is 14.8. The SMILES string of the molecule is [N-]=[N+]=Nc1ccccc1C[C@@]1(C(=O)NCc2cccc3ccccc23)N=C(c2ccc(OCCCO)cc2)O[C@@H]1c1ccc(Cl)cc1Cl. The number of aliphatic hydroxyl groups excluding tert-OH is 1. The summed E-state index contributed by atoms with van der Waals surface area (Å²) in [4.78, 5) is 22.9. The number of ether oxygens (including phenoxy) is 2. The van der Waals surface area contributed by atoms with Gasteiger partial charge in [0.2, 0.25) is 5.90 Å². The van der Waals surface area contributed by atoms with E-state index < -0.39 is 17.6 Å². The lowest BCUT2D eigenvalue weighted by molar-refractivity contribution is -0.129. The van der Waals surface area contributed by atoms with E-state index in [-0.39, 0.29) is 25.5 Å². The van der Waals surface area contributed by atoms with E-state index in [9.17, 15) is 10.3 Å². The van der Waals surface area contributed by atoms with E-state index >= 15 is 0 Å². The quantitative estimate of drug-likeness (QED) is 0.0591. The predicted molar refractivity (Wildman–Crippen MR) is 188 cm³/mol. The van der Waals surface area contributed by atoms with Crippen molar-refractivity contribution < 1.29 is 19.4 Å². The molecule has 0 saturated heterocycles. The minimum Gasteiger partial charge on any atom is -0.494 e. The second-order valence-electron chi connectivity index (χ2n) is 11.3. The first kappa shape index (κ1) is 32.9. The number of benzene rings is 5. The fourth-order valence-corrected chi connectivity index (χ4v) is 6.35. The van der Waals surface area contributed by atoms with Gasteiger partial charge >= 0.3 is 0 Å². The van der Waals surface area contributed by atoms with E-state index in [4.69, 9.17) is 42.8 Å². The number of aliphatic imine (C=N–C) groups is 1. The molecule has 0 aliphatic carbocycles. The third-order valence-corrected chi connectivity index (χ3v) is 8.76. The van der Waals surface area contributed by atoms with E-state index in [0.29, 0.717) is 51.2 Å². The highest BCUT2D eigenvalue weighted by Gasteiger charge is 2.54. The molecule has 1 heterocycles. The van der Waals surface area contributed by atoms with Gasteiger partial charge in [0.1, 0.15) is 5.75 Å². The normalized spacial score (nSPS) is 16.9. The number of nitrogens with zero attached hydrogens (tertiary/aromatic N) is 4. The molecular formula is C37H31Cl2N5O4. The highest BCUT2D eigenvalue weighted by molar-refractivity contribution is 6.35. The van der Waals surface area contributed by atoms with Crippen LogP contribution in [-0.4, -0.2) is 35.7 Å². The second kappa shape index (κ2) is 14.8. The van der Waals surface area contributed by atoms with Crippen molar-refractivity contribution in [2.45, 2.75) is 31.0 Å². The number of aliphatic hydroxyl groups is 1. The summed E-state index contributed by atoms with van der Waals surface area (Å²) in [5.74, 6) is 0.445. The summed E-state index contributed by atoms with van der Waals surface area (Å²) < 4.78 is 12.3. The van der Waals surface area contributed by atoms with Gasteiger partial charge in [-0.1, -0.05) is 101 Å². The monoisotopic (exact) mass is 679 g/mol. The van der Waals surface area contributed by atoms with Crippen LogP contribution in [0.4, 0.5) is 5.69 Å². The Hall–Kier alpha value is -5.05. The maximum Gasteiger partial charge on any atom is 0.252 e. The first-order valence-corrected chi connectivity index (χ1v) is 16.1. The molecule has 0 bridgehead atoms. The predicted octanol–water partition coefficient (Wildman–Crippen LogP) is 8.67. The van der Waals surface area contributed by atoms with Gasteiger partial charge < -0.3 is 19.9 Å². The van der Waals surface area contributed by atoms with Crippen molar-refractivity contribution in [3.63, 3.8) is 0 Å². The number of carbonyl (C=O) groups is 1. The molecule has 1 aliphatic rings. The van der Waals surface area contributed by atoms with Gasteiger partial charge in [-0.25, -0.2) is 4.99 Å². The smallest absolute Gasteiger partial charge is 0.252 e. The molecule has 2 atom stereocenters. The second-order valence-corrected chi connectivity index (χ2v) is 12.1. The van der Waals surface area contributed by atoms with E-state index in [0.717, 1.165) is 16.3 Å². The molecule has 9 nitrogen and oxygen atoms in total. The van der Waals surface area contributed by atoms with Gasteiger partial charge in [-0.15, -0.1) is 0 Å². The number of nitrogens with one attached hydrogen (secondary N) is 1. The minimum atomic E-state index is -1.59. The molecule has 11 heteroatoms. The Bertz CT molecular complexity index is 2030. The lowest BCUT2D eigenvalue weighted by atomic mass is 9.81. The summed E-state index contributed by atoms with van der Waals surface area (Å²) in [6, 6.07) is 33.2. The van der Waals surface area contributed by atoms with Gasteiger partial charge in [0.05, 0.1) is 6.61 Å². The number of azide groups is 1. The average Bonchev–Trinajstić information content (AvgIpc) is 3.48. The Kier molecular flexibility index (Phi) is 10.1. The third kappa shape index (κ3) is 6.95. The Morgan fingerprint density at radius 2 is 1.73 bits per heavy atom. The number of carbonyl (C=O) groups excluding carboxylic acids is 1. The van der Waals surface area contributed by atoms with Crippen molar-refractivity contribution in [3.05, 3.63) is 152 Å². The molecule has 0 spiro atoms. The Balaban J connectivity index is 1.46. The van der Waals surface area contributed by atoms with Crippen molar-refractivity contribution in [3.8, 4) is 5.75 Å². The molecule has 1 amide bonds. The summed E-state index contributed by atoms with van der Waals surface area (Å²) in [5, 5.41) is 19.0. The number of rotatable bonds is 12. The summed E-state index contributed by atoms with van der Waals surface area (Å²) in [6.45, 7) is 0.631. The largest absolute Gasteiger partial charge is 0.494 e. The average molecular weight is 681 g/mol.